The van der Waals surface area contributed by atoms with Crippen LogP contribution in [0.5, 0.6) is 0 Å². The van der Waals surface area contributed by atoms with E-state index < -0.39 is 11.7 Å². The molecule has 0 radical (unpaired) electrons. The third-order valence-electron chi connectivity index (χ3n) is 5.03. The van der Waals surface area contributed by atoms with Crippen molar-refractivity contribution in [3.05, 3.63) is 34.9 Å². The maximum absolute atomic E-state index is 12.9. The third kappa shape index (κ3) is 2.70. The molecule has 0 unspecified atom stereocenters. The van der Waals surface area contributed by atoms with E-state index in [9.17, 15) is 13.2 Å². The number of fused-ring (bicyclic) bond motifs is 3. The summed E-state index contributed by atoms with van der Waals surface area (Å²) < 4.78 is 38.7. The second-order valence-electron chi connectivity index (χ2n) is 6.63. The van der Waals surface area contributed by atoms with E-state index in [-0.39, 0.29) is 0 Å². The zero-order valence-corrected chi connectivity index (χ0v) is 12.6. The lowest BCUT2D eigenvalue weighted by atomic mass is 9.74. The fourth-order valence-corrected chi connectivity index (χ4v) is 4.05. The highest BCUT2D eigenvalue weighted by molar-refractivity contribution is 5.38. The highest BCUT2D eigenvalue weighted by atomic mass is 19.4. The molecule has 2 atom stereocenters. The Morgan fingerprint density at radius 2 is 1.95 bits per heavy atom. The van der Waals surface area contributed by atoms with E-state index in [4.69, 9.17) is 0 Å². The largest absolute Gasteiger partial charge is 0.416 e. The van der Waals surface area contributed by atoms with Crippen LogP contribution in [0.15, 0.2) is 18.2 Å². The Bertz CT molecular complexity index is 521. The Labute approximate surface area is 124 Å². The average molecular weight is 297 g/mol. The maximum atomic E-state index is 12.9. The molecule has 0 amide bonds. The van der Waals surface area contributed by atoms with Gasteiger partial charge in [0.15, 0.2) is 0 Å². The molecule has 1 fully saturated rings. The van der Waals surface area contributed by atoms with Crippen molar-refractivity contribution in [2.75, 3.05) is 6.54 Å². The molecule has 0 N–H and O–H groups in total. The number of nitrogens with zero attached hydrogens (tertiary/aromatic N) is 1. The molecule has 1 heterocycles. The van der Waals surface area contributed by atoms with Gasteiger partial charge in [0.25, 0.3) is 0 Å². The summed E-state index contributed by atoms with van der Waals surface area (Å²) in [5.41, 5.74) is 1.53. The summed E-state index contributed by atoms with van der Waals surface area (Å²) in [6.07, 6.45) is -0.0333. The van der Waals surface area contributed by atoms with Gasteiger partial charge in [0.1, 0.15) is 0 Å². The number of halogens is 3. The van der Waals surface area contributed by atoms with Crippen molar-refractivity contribution in [3.63, 3.8) is 0 Å². The molecule has 0 bridgehead atoms. The van der Waals surface area contributed by atoms with Crippen molar-refractivity contribution in [2.45, 2.75) is 57.8 Å². The summed E-state index contributed by atoms with van der Waals surface area (Å²) in [6, 6.07) is 5.11. The Hall–Kier alpha value is -1.03. The van der Waals surface area contributed by atoms with Gasteiger partial charge < -0.3 is 0 Å². The second-order valence-corrected chi connectivity index (χ2v) is 6.63. The van der Waals surface area contributed by atoms with E-state index in [0.717, 1.165) is 30.5 Å². The van der Waals surface area contributed by atoms with E-state index in [2.05, 4.69) is 18.7 Å². The molecule has 1 aliphatic heterocycles. The summed E-state index contributed by atoms with van der Waals surface area (Å²) in [6.45, 7) is 5.42. The monoisotopic (exact) mass is 297 g/mol. The minimum Gasteiger partial charge on any atom is -0.294 e. The van der Waals surface area contributed by atoms with E-state index >= 15 is 0 Å². The third-order valence-corrected chi connectivity index (χ3v) is 5.03. The predicted octanol–water partition coefficient (Wildman–Crippen LogP) is 4.81. The van der Waals surface area contributed by atoms with Gasteiger partial charge in [-0.3, -0.25) is 4.90 Å². The molecule has 1 aliphatic carbocycles. The minimum absolute atomic E-state index is 0.310. The van der Waals surface area contributed by atoms with Crippen molar-refractivity contribution < 1.29 is 13.2 Å². The van der Waals surface area contributed by atoms with Gasteiger partial charge >= 0.3 is 6.18 Å². The van der Waals surface area contributed by atoms with Crippen LogP contribution in [0, 0.1) is 5.92 Å². The number of likely N-dealkylation sites (tertiary alicyclic amines) is 1. The van der Waals surface area contributed by atoms with E-state index in [1.54, 1.807) is 6.07 Å². The lowest BCUT2D eigenvalue weighted by Gasteiger charge is -2.47. The number of aryl methyl sites for hydroxylation is 1. The molecule has 1 aromatic rings. The Balaban J connectivity index is 2.00. The maximum Gasteiger partial charge on any atom is 0.416 e. The standard InChI is InChI=1S/C17H22F3N/c1-11(2)21-9-3-4-12-5-6-13-10-14(17(18,19)20)7-8-15(13)16(12)21/h7-8,10-12,16H,3-6,9H2,1-2H3/t12-,16-/m1/s1. The van der Waals surface area contributed by atoms with Gasteiger partial charge in [-0.1, -0.05) is 6.07 Å². The predicted molar refractivity (Wildman–Crippen MR) is 77.1 cm³/mol. The van der Waals surface area contributed by atoms with Crippen LogP contribution in [-0.4, -0.2) is 17.5 Å². The van der Waals surface area contributed by atoms with Crippen LogP contribution in [0.2, 0.25) is 0 Å². The lowest BCUT2D eigenvalue weighted by Crippen LogP contribution is -2.44. The fraction of sp³-hybridized carbons (Fsp3) is 0.647. The number of hydrogen-bond acceptors (Lipinski definition) is 1. The van der Waals surface area contributed by atoms with Crippen LogP contribution in [0.4, 0.5) is 13.2 Å². The molecule has 2 aliphatic rings. The van der Waals surface area contributed by atoms with E-state index in [1.165, 1.54) is 25.0 Å². The molecule has 4 heteroatoms. The first-order chi connectivity index (χ1) is 9.88. The molecular formula is C17H22F3N. The molecule has 116 valence electrons. The average Bonchev–Trinajstić information content (AvgIpc) is 2.44. The molecular weight excluding hydrogens is 275 g/mol. The zero-order chi connectivity index (χ0) is 15.2. The number of piperidine rings is 1. The summed E-state index contributed by atoms with van der Waals surface area (Å²) in [7, 11) is 0. The van der Waals surface area contributed by atoms with Gasteiger partial charge in [-0.05, 0) is 75.3 Å². The lowest BCUT2D eigenvalue weighted by molar-refractivity contribution is -0.137. The molecule has 3 rings (SSSR count). The second kappa shape index (κ2) is 5.31. The van der Waals surface area contributed by atoms with Gasteiger partial charge in [0.05, 0.1) is 5.56 Å². The van der Waals surface area contributed by atoms with Crippen LogP contribution < -0.4 is 0 Å². The molecule has 0 aromatic heterocycles. The topological polar surface area (TPSA) is 3.24 Å². The van der Waals surface area contributed by atoms with Gasteiger partial charge in [0, 0.05) is 12.1 Å². The first kappa shape index (κ1) is 14.9. The molecule has 0 spiro atoms. The molecule has 0 saturated carbocycles. The fourth-order valence-electron chi connectivity index (χ4n) is 4.05. The van der Waals surface area contributed by atoms with Crippen molar-refractivity contribution in [2.24, 2.45) is 5.92 Å². The van der Waals surface area contributed by atoms with E-state index in [1.807, 2.05) is 0 Å². The number of alkyl halides is 3. The van der Waals surface area contributed by atoms with Gasteiger partial charge in [-0.15, -0.1) is 0 Å². The Morgan fingerprint density at radius 1 is 1.19 bits per heavy atom. The van der Waals surface area contributed by atoms with Gasteiger partial charge in [0.2, 0.25) is 0 Å². The SMILES string of the molecule is CC(C)N1CCC[C@@H]2CCc3cc(C(F)(F)F)ccc3[C@@H]21. The highest BCUT2D eigenvalue weighted by Crippen LogP contribution is 2.45. The van der Waals surface area contributed by atoms with Crippen LogP contribution in [-0.2, 0) is 12.6 Å². The smallest absolute Gasteiger partial charge is 0.294 e. The quantitative estimate of drug-likeness (QED) is 0.719. The van der Waals surface area contributed by atoms with Crippen molar-refractivity contribution in [1.82, 2.24) is 4.90 Å². The number of benzene rings is 1. The summed E-state index contributed by atoms with van der Waals surface area (Å²) in [5.74, 6) is 0.602. The number of hydrogen-bond donors (Lipinski definition) is 0. The summed E-state index contributed by atoms with van der Waals surface area (Å²) in [4.78, 5) is 2.47. The molecule has 1 saturated heterocycles. The molecule has 1 aromatic carbocycles. The van der Waals surface area contributed by atoms with Crippen molar-refractivity contribution in [1.29, 1.82) is 0 Å². The van der Waals surface area contributed by atoms with Gasteiger partial charge in [-0.2, -0.15) is 13.2 Å². The Morgan fingerprint density at radius 3 is 2.62 bits per heavy atom. The van der Waals surface area contributed by atoms with Gasteiger partial charge in [-0.25, -0.2) is 0 Å². The molecule has 21 heavy (non-hydrogen) atoms. The van der Waals surface area contributed by atoms with Crippen LogP contribution in [0.25, 0.3) is 0 Å². The summed E-state index contributed by atoms with van der Waals surface area (Å²) in [5, 5.41) is 0. The number of rotatable bonds is 1. The van der Waals surface area contributed by atoms with E-state index in [0.29, 0.717) is 18.0 Å². The normalized spacial score (nSPS) is 26.6. The van der Waals surface area contributed by atoms with Crippen molar-refractivity contribution in [3.8, 4) is 0 Å². The Kier molecular flexibility index (Phi) is 3.76. The van der Waals surface area contributed by atoms with Crippen LogP contribution >= 0.6 is 0 Å². The zero-order valence-electron chi connectivity index (χ0n) is 12.6. The van der Waals surface area contributed by atoms with Crippen LogP contribution in [0.3, 0.4) is 0 Å². The first-order valence-electron chi connectivity index (χ1n) is 7.83. The minimum atomic E-state index is -4.24. The first-order valence-corrected chi connectivity index (χ1v) is 7.83. The molecule has 1 nitrogen and oxygen atoms in total. The highest BCUT2D eigenvalue weighted by Gasteiger charge is 2.39. The summed E-state index contributed by atoms with van der Waals surface area (Å²) >= 11 is 0. The van der Waals surface area contributed by atoms with Crippen LogP contribution in [0.1, 0.15) is 55.8 Å². The van der Waals surface area contributed by atoms with Crippen molar-refractivity contribution >= 4 is 0 Å².